The third-order valence-corrected chi connectivity index (χ3v) is 4.64. The van der Waals surface area contributed by atoms with Crippen LogP contribution >= 0.6 is 0 Å². The van der Waals surface area contributed by atoms with E-state index in [0.29, 0.717) is 16.4 Å². The van der Waals surface area contributed by atoms with E-state index in [1.54, 1.807) is 7.11 Å². The van der Waals surface area contributed by atoms with E-state index in [9.17, 15) is 4.21 Å². The predicted octanol–water partition coefficient (Wildman–Crippen LogP) is 2.81. The highest BCUT2D eigenvalue weighted by Crippen LogP contribution is 2.23. The van der Waals surface area contributed by atoms with Gasteiger partial charge in [-0.25, -0.2) is 0 Å². The maximum Gasteiger partial charge on any atom is 0.134 e. The largest absolute Gasteiger partial charge is 0.495 e. The molecular formula is C16H19NO2S. The van der Waals surface area contributed by atoms with E-state index in [0.717, 1.165) is 5.56 Å². The summed E-state index contributed by atoms with van der Waals surface area (Å²) in [5.41, 5.74) is 8.33. The summed E-state index contributed by atoms with van der Waals surface area (Å²) in [5.74, 6) is 1.02. The van der Waals surface area contributed by atoms with Crippen LogP contribution < -0.4 is 10.5 Å². The molecule has 2 aromatic rings. The number of rotatable bonds is 5. The summed E-state index contributed by atoms with van der Waals surface area (Å²) in [4.78, 5) is 0.692. The first-order chi connectivity index (χ1) is 9.61. The molecule has 2 atom stereocenters. The van der Waals surface area contributed by atoms with E-state index in [1.165, 1.54) is 5.56 Å². The van der Waals surface area contributed by atoms with Crippen molar-refractivity contribution in [2.24, 2.45) is 5.73 Å². The molecule has 0 aliphatic rings. The Morgan fingerprint density at radius 2 is 1.80 bits per heavy atom. The topological polar surface area (TPSA) is 52.3 Å². The molecular weight excluding hydrogens is 270 g/mol. The van der Waals surface area contributed by atoms with E-state index in [2.05, 4.69) is 0 Å². The van der Waals surface area contributed by atoms with Gasteiger partial charge in [-0.3, -0.25) is 4.21 Å². The first-order valence-corrected chi connectivity index (χ1v) is 7.77. The van der Waals surface area contributed by atoms with Gasteiger partial charge in [-0.15, -0.1) is 0 Å². The molecule has 2 unspecified atom stereocenters. The lowest BCUT2D eigenvalue weighted by molar-refractivity contribution is 0.404. The number of hydrogen-bond acceptors (Lipinski definition) is 3. The zero-order valence-corrected chi connectivity index (χ0v) is 12.5. The van der Waals surface area contributed by atoms with Crippen molar-refractivity contribution < 1.29 is 8.95 Å². The molecule has 106 valence electrons. The fourth-order valence-corrected chi connectivity index (χ4v) is 3.27. The van der Waals surface area contributed by atoms with Gasteiger partial charge in [-0.05, 0) is 24.6 Å². The lowest BCUT2D eigenvalue weighted by Crippen LogP contribution is -2.18. The number of ether oxygens (including phenoxy) is 1. The van der Waals surface area contributed by atoms with Gasteiger partial charge in [0.2, 0.25) is 0 Å². The van der Waals surface area contributed by atoms with Crippen LogP contribution in [0.2, 0.25) is 0 Å². The molecule has 0 bridgehead atoms. The van der Waals surface area contributed by atoms with E-state index < -0.39 is 10.8 Å². The second-order valence-corrected chi connectivity index (χ2v) is 6.14. The van der Waals surface area contributed by atoms with Crippen molar-refractivity contribution in [3.63, 3.8) is 0 Å². The summed E-state index contributed by atoms with van der Waals surface area (Å²) in [7, 11) is 0.399. The van der Waals surface area contributed by atoms with Crippen LogP contribution in [0.15, 0.2) is 53.4 Å². The van der Waals surface area contributed by atoms with E-state index in [-0.39, 0.29) is 6.04 Å². The molecule has 0 aliphatic heterocycles. The molecule has 0 amide bonds. The van der Waals surface area contributed by atoms with Gasteiger partial charge < -0.3 is 10.5 Å². The summed E-state index contributed by atoms with van der Waals surface area (Å²) in [6, 6.07) is 15.1. The third-order valence-electron chi connectivity index (χ3n) is 3.15. The van der Waals surface area contributed by atoms with Crippen LogP contribution in [0.25, 0.3) is 0 Å². The minimum atomic E-state index is -1.18. The molecule has 0 heterocycles. The van der Waals surface area contributed by atoms with Gasteiger partial charge in [-0.1, -0.05) is 42.0 Å². The molecule has 3 nitrogen and oxygen atoms in total. The Labute approximate surface area is 122 Å². The smallest absolute Gasteiger partial charge is 0.134 e. The lowest BCUT2D eigenvalue weighted by atomic mass is 10.1. The molecule has 0 radical (unpaired) electrons. The average molecular weight is 289 g/mol. The van der Waals surface area contributed by atoms with Crippen LogP contribution in [0.1, 0.15) is 17.2 Å². The van der Waals surface area contributed by atoms with Crippen LogP contribution in [0.4, 0.5) is 0 Å². The van der Waals surface area contributed by atoms with Gasteiger partial charge in [0.05, 0.1) is 22.8 Å². The second-order valence-electron chi connectivity index (χ2n) is 4.68. The molecule has 2 aromatic carbocycles. The molecule has 0 aliphatic carbocycles. The summed E-state index contributed by atoms with van der Waals surface area (Å²) in [6.45, 7) is 2.03. The van der Waals surface area contributed by atoms with Crippen LogP contribution in [0.3, 0.4) is 0 Å². The van der Waals surface area contributed by atoms with Crippen LogP contribution in [0.5, 0.6) is 5.75 Å². The average Bonchev–Trinajstić information content (AvgIpc) is 2.47. The number of benzene rings is 2. The number of para-hydroxylation sites is 1. The zero-order chi connectivity index (χ0) is 14.5. The minimum absolute atomic E-state index is 0.249. The fourth-order valence-electron chi connectivity index (χ4n) is 1.97. The number of methoxy groups -OCH3 is 1. The monoisotopic (exact) mass is 289 g/mol. The molecule has 0 saturated carbocycles. The Morgan fingerprint density at radius 3 is 2.45 bits per heavy atom. The molecule has 20 heavy (non-hydrogen) atoms. The van der Waals surface area contributed by atoms with Gasteiger partial charge in [0.25, 0.3) is 0 Å². The SMILES string of the molecule is COc1ccccc1S(=O)CC(N)c1ccc(C)cc1. The molecule has 0 saturated heterocycles. The van der Waals surface area contributed by atoms with Crippen molar-refractivity contribution in [1.82, 2.24) is 0 Å². The van der Waals surface area contributed by atoms with Gasteiger partial charge in [0, 0.05) is 11.8 Å². The summed E-state index contributed by atoms with van der Waals surface area (Å²) >= 11 is 0. The van der Waals surface area contributed by atoms with Crippen LogP contribution in [0, 0.1) is 6.92 Å². The highest BCUT2D eigenvalue weighted by molar-refractivity contribution is 7.85. The van der Waals surface area contributed by atoms with Crippen molar-refractivity contribution in [3.8, 4) is 5.75 Å². The third kappa shape index (κ3) is 3.46. The summed E-state index contributed by atoms with van der Waals surface area (Å²) in [6.07, 6.45) is 0. The number of nitrogens with two attached hydrogens (primary N) is 1. The van der Waals surface area contributed by atoms with Crippen LogP contribution in [-0.4, -0.2) is 17.1 Å². The van der Waals surface area contributed by atoms with E-state index in [1.807, 2.05) is 55.5 Å². The molecule has 0 aromatic heterocycles. The van der Waals surface area contributed by atoms with Crippen molar-refractivity contribution in [2.75, 3.05) is 12.9 Å². The first kappa shape index (κ1) is 14.8. The van der Waals surface area contributed by atoms with Gasteiger partial charge in [0.1, 0.15) is 5.75 Å². The van der Waals surface area contributed by atoms with Crippen molar-refractivity contribution in [2.45, 2.75) is 17.9 Å². The van der Waals surface area contributed by atoms with Crippen molar-refractivity contribution in [3.05, 3.63) is 59.7 Å². The number of aryl methyl sites for hydroxylation is 1. The normalized spacial score (nSPS) is 13.8. The first-order valence-electron chi connectivity index (χ1n) is 6.45. The summed E-state index contributed by atoms with van der Waals surface area (Å²) in [5, 5.41) is 0. The highest BCUT2D eigenvalue weighted by atomic mass is 32.2. The second kappa shape index (κ2) is 6.68. The number of hydrogen-bond donors (Lipinski definition) is 1. The maximum atomic E-state index is 12.4. The predicted molar refractivity (Wildman–Crippen MR) is 82.4 cm³/mol. The van der Waals surface area contributed by atoms with Crippen molar-refractivity contribution >= 4 is 10.8 Å². The molecule has 2 N–H and O–H groups in total. The Morgan fingerprint density at radius 1 is 1.15 bits per heavy atom. The van der Waals surface area contributed by atoms with E-state index in [4.69, 9.17) is 10.5 Å². The lowest BCUT2D eigenvalue weighted by Gasteiger charge is -2.13. The molecule has 0 fully saturated rings. The molecule has 4 heteroatoms. The molecule has 0 spiro atoms. The standard InChI is InChI=1S/C16H19NO2S/c1-12-7-9-13(10-8-12)14(17)11-20(18)16-6-4-3-5-15(16)19-2/h3-10,14H,11,17H2,1-2H3. The van der Waals surface area contributed by atoms with Gasteiger partial charge in [-0.2, -0.15) is 0 Å². The zero-order valence-electron chi connectivity index (χ0n) is 11.7. The Kier molecular flexibility index (Phi) is 4.93. The summed E-state index contributed by atoms with van der Waals surface area (Å²) < 4.78 is 17.7. The quantitative estimate of drug-likeness (QED) is 0.921. The minimum Gasteiger partial charge on any atom is -0.495 e. The van der Waals surface area contributed by atoms with Crippen molar-refractivity contribution in [1.29, 1.82) is 0 Å². The van der Waals surface area contributed by atoms with E-state index >= 15 is 0 Å². The van der Waals surface area contributed by atoms with Crippen LogP contribution in [-0.2, 0) is 10.8 Å². The Bertz CT molecular complexity index is 596. The van der Waals surface area contributed by atoms with Gasteiger partial charge >= 0.3 is 0 Å². The highest BCUT2D eigenvalue weighted by Gasteiger charge is 2.15. The maximum absolute atomic E-state index is 12.4. The Hall–Kier alpha value is -1.65. The Balaban J connectivity index is 2.13. The fraction of sp³-hybridized carbons (Fsp3) is 0.250. The molecule has 2 rings (SSSR count). The van der Waals surface area contributed by atoms with Gasteiger partial charge in [0.15, 0.2) is 0 Å².